The van der Waals surface area contributed by atoms with Crippen molar-refractivity contribution in [2.45, 2.75) is 18.9 Å². The summed E-state index contributed by atoms with van der Waals surface area (Å²) < 4.78 is 28.5. The second kappa shape index (κ2) is 7.55. The molecule has 0 heterocycles. The largest absolute Gasteiger partial charge is 0.375 e. The molecule has 0 saturated carbocycles. The Morgan fingerprint density at radius 3 is 2.76 bits per heavy atom. The average Bonchev–Trinajstić information content (AvgIpc) is 2.29. The monoisotopic (exact) mass is 264 g/mol. The Balaban J connectivity index is 2.43. The van der Waals surface area contributed by atoms with Crippen molar-refractivity contribution >= 4 is 11.6 Å². The van der Waals surface area contributed by atoms with Crippen molar-refractivity contribution in [3.8, 4) is 0 Å². The maximum atomic E-state index is 11.8. The molecule has 0 radical (unpaired) electrons. The fourth-order valence-corrected chi connectivity index (χ4v) is 1.64. The van der Waals surface area contributed by atoms with Gasteiger partial charge in [-0.15, -0.1) is 0 Å². The van der Waals surface area contributed by atoms with Crippen molar-refractivity contribution in [3.63, 3.8) is 0 Å². The zero-order valence-corrected chi connectivity index (χ0v) is 9.96. The van der Waals surface area contributed by atoms with Crippen LogP contribution in [0, 0.1) is 0 Å². The molecule has 0 bridgehead atoms. The molecule has 0 fully saturated rings. The highest BCUT2D eigenvalue weighted by Crippen LogP contribution is 2.19. The molecule has 6 heteroatoms. The summed E-state index contributed by atoms with van der Waals surface area (Å²) in [6.07, 6.45) is -1.94. The molecule has 1 atom stereocenters. The van der Waals surface area contributed by atoms with Crippen LogP contribution in [0.25, 0.3) is 0 Å². The minimum atomic E-state index is -2.44. The molecular formula is C11H15ClF2N2O. The van der Waals surface area contributed by atoms with E-state index in [2.05, 4.69) is 5.43 Å². The number of nitrogens with one attached hydrogen (secondary N) is 1. The fourth-order valence-electron chi connectivity index (χ4n) is 1.44. The summed E-state index contributed by atoms with van der Waals surface area (Å²) >= 11 is 5.85. The lowest BCUT2D eigenvalue weighted by atomic mass is 10.1. The van der Waals surface area contributed by atoms with Crippen LogP contribution in [0.2, 0.25) is 5.02 Å². The van der Waals surface area contributed by atoms with Crippen LogP contribution in [0.15, 0.2) is 24.3 Å². The minimum Gasteiger partial charge on any atom is -0.375 e. The van der Waals surface area contributed by atoms with Gasteiger partial charge in [0.2, 0.25) is 0 Å². The zero-order valence-electron chi connectivity index (χ0n) is 9.20. The van der Waals surface area contributed by atoms with Crippen LogP contribution in [-0.2, 0) is 4.74 Å². The summed E-state index contributed by atoms with van der Waals surface area (Å²) in [6.45, 7) is -0.335. The number of hydrazine groups is 1. The van der Waals surface area contributed by atoms with Crippen LogP contribution in [0.5, 0.6) is 0 Å². The molecular weight excluding hydrogens is 250 g/mol. The molecule has 0 aliphatic rings. The zero-order chi connectivity index (χ0) is 12.7. The summed E-state index contributed by atoms with van der Waals surface area (Å²) in [5.41, 5.74) is 3.51. The number of nitrogens with two attached hydrogens (primary N) is 1. The van der Waals surface area contributed by atoms with E-state index in [4.69, 9.17) is 22.2 Å². The van der Waals surface area contributed by atoms with Crippen molar-refractivity contribution in [3.05, 3.63) is 34.9 Å². The second-order valence-corrected chi connectivity index (χ2v) is 3.97. The highest BCUT2D eigenvalue weighted by atomic mass is 35.5. The molecule has 0 aromatic heterocycles. The Morgan fingerprint density at radius 1 is 1.41 bits per heavy atom. The predicted molar refractivity (Wildman–Crippen MR) is 63.0 cm³/mol. The van der Waals surface area contributed by atoms with Gasteiger partial charge in [0.1, 0.15) is 6.61 Å². The number of hydrogen-bond donors (Lipinski definition) is 2. The van der Waals surface area contributed by atoms with E-state index >= 15 is 0 Å². The molecule has 1 aromatic carbocycles. The van der Waals surface area contributed by atoms with Gasteiger partial charge in [-0.3, -0.25) is 11.3 Å². The second-order valence-electron chi connectivity index (χ2n) is 3.53. The van der Waals surface area contributed by atoms with Gasteiger partial charge in [-0.25, -0.2) is 8.78 Å². The first-order valence-corrected chi connectivity index (χ1v) is 5.58. The number of hydrogen-bond acceptors (Lipinski definition) is 3. The molecule has 1 aromatic rings. The van der Waals surface area contributed by atoms with Crippen molar-refractivity contribution < 1.29 is 13.5 Å². The maximum absolute atomic E-state index is 11.8. The van der Waals surface area contributed by atoms with E-state index in [0.717, 1.165) is 5.56 Å². The number of ether oxygens (including phenoxy) is 1. The molecule has 3 N–H and O–H groups in total. The summed E-state index contributed by atoms with van der Waals surface area (Å²) in [7, 11) is 0. The Hall–Kier alpha value is -0.750. The van der Waals surface area contributed by atoms with E-state index in [1.54, 1.807) is 12.1 Å². The molecule has 1 unspecified atom stereocenters. The van der Waals surface area contributed by atoms with Crippen molar-refractivity contribution in [2.75, 3.05) is 13.2 Å². The number of halogens is 3. The van der Waals surface area contributed by atoms with Gasteiger partial charge in [0.25, 0.3) is 6.43 Å². The maximum Gasteiger partial charge on any atom is 0.261 e. The van der Waals surface area contributed by atoms with Crippen LogP contribution in [0.3, 0.4) is 0 Å². The van der Waals surface area contributed by atoms with Gasteiger partial charge in [-0.05, 0) is 24.1 Å². The predicted octanol–water partition coefficient (Wildman–Crippen LogP) is 2.52. The van der Waals surface area contributed by atoms with Gasteiger partial charge in [0, 0.05) is 17.7 Å². The van der Waals surface area contributed by atoms with E-state index < -0.39 is 13.0 Å². The first-order chi connectivity index (χ1) is 8.13. The third-order valence-electron chi connectivity index (χ3n) is 2.25. The Labute approximate surface area is 104 Å². The molecule has 0 aliphatic carbocycles. The lowest BCUT2D eigenvalue weighted by Gasteiger charge is -2.16. The molecule has 0 spiro atoms. The molecule has 17 heavy (non-hydrogen) atoms. The van der Waals surface area contributed by atoms with Crippen molar-refractivity contribution in [1.82, 2.24) is 5.43 Å². The van der Waals surface area contributed by atoms with E-state index in [0.29, 0.717) is 11.4 Å². The van der Waals surface area contributed by atoms with Crippen LogP contribution in [0.1, 0.15) is 18.0 Å². The third kappa shape index (κ3) is 5.41. The van der Waals surface area contributed by atoms with Crippen LogP contribution >= 0.6 is 11.6 Å². The Kier molecular flexibility index (Phi) is 6.36. The number of alkyl halides is 2. The lowest BCUT2D eigenvalue weighted by molar-refractivity contribution is 0.0143. The molecule has 0 amide bonds. The SMILES string of the molecule is NNC(CCOCC(F)F)c1cccc(Cl)c1. The van der Waals surface area contributed by atoms with Crippen molar-refractivity contribution in [2.24, 2.45) is 5.84 Å². The third-order valence-corrected chi connectivity index (χ3v) is 2.48. The van der Waals surface area contributed by atoms with E-state index in [9.17, 15) is 8.78 Å². The molecule has 96 valence electrons. The number of benzene rings is 1. The van der Waals surface area contributed by atoms with E-state index in [1.165, 1.54) is 0 Å². The lowest BCUT2D eigenvalue weighted by Crippen LogP contribution is -2.29. The van der Waals surface area contributed by atoms with Gasteiger partial charge >= 0.3 is 0 Å². The Morgan fingerprint density at radius 2 is 2.18 bits per heavy atom. The average molecular weight is 265 g/mol. The highest BCUT2D eigenvalue weighted by Gasteiger charge is 2.10. The minimum absolute atomic E-state index is 0.161. The molecule has 1 rings (SSSR count). The topological polar surface area (TPSA) is 47.3 Å². The van der Waals surface area contributed by atoms with Gasteiger partial charge in [-0.1, -0.05) is 23.7 Å². The first-order valence-electron chi connectivity index (χ1n) is 5.21. The van der Waals surface area contributed by atoms with Gasteiger partial charge in [-0.2, -0.15) is 0 Å². The highest BCUT2D eigenvalue weighted by molar-refractivity contribution is 6.30. The molecule has 3 nitrogen and oxygen atoms in total. The standard InChI is InChI=1S/C11H15ClF2N2O/c12-9-3-1-2-8(6-9)10(16-15)4-5-17-7-11(13)14/h1-3,6,10-11,16H,4-5,7,15H2. The van der Waals surface area contributed by atoms with Crippen LogP contribution < -0.4 is 11.3 Å². The van der Waals surface area contributed by atoms with Crippen LogP contribution in [-0.4, -0.2) is 19.6 Å². The molecule has 0 aliphatic heterocycles. The summed E-state index contributed by atoms with van der Waals surface area (Å²) in [5.74, 6) is 5.40. The summed E-state index contributed by atoms with van der Waals surface area (Å²) in [4.78, 5) is 0. The number of rotatable bonds is 7. The van der Waals surface area contributed by atoms with Crippen molar-refractivity contribution in [1.29, 1.82) is 0 Å². The van der Waals surface area contributed by atoms with Crippen LogP contribution in [0.4, 0.5) is 8.78 Å². The van der Waals surface area contributed by atoms with E-state index in [1.807, 2.05) is 12.1 Å². The fraction of sp³-hybridized carbons (Fsp3) is 0.455. The van der Waals surface area contributed by atoms with E-state index in [-0.39, 0.29) is 12.6 Å². The summed E-state index contributed by atoms with van der Waals surface area (Å²) in [6, 6.07) is 7.04. The normalized spacial score (nSPS) is 13.0. The van der Waals surface area contributed by atoms with Gasteiger partial charge in [0.15, 0.2) is 0 Å². The summed E-state index contributed by atoms with van der Waals surface area (Å²) in [5, 5.41) is 0.608. The smallest absolute Gasteiger partial charge is 0.261 e. The van der Waals surface area contributed by atoms with Gasteiger partial charge in [0.05, 0.1) is 0 Å². The quantitative estimate of drug-likeness (QED) is 0.452. The van der Waals surface area contributed by atoms with Gasteiger partial charge < -0.3 is 4.74 Å². The Bertz CT molecular complexity index is 339. The molecule has 0 saturated heterocycles. The first kappa shape index (κ1) is 14.3.